The van der Waals surface area contributed by atoms with Crippen LogP contribution in [0.2, 0.25) is 0 Å². The van der Waals surface area contributed by atoms with Crippen molar-refractivity contribution in [3.63, 3.8) is 0 Å². The number of thiazole rings is 1. The second kappa shape index (κ2) is 6.48. The molecule has 16 heavy (non-hydrogen) atoms. The van der Waals surface area contributed by atoms with Crippen LogP contribution in [0.5, 0.6) is 0 Å². The second-order valence-electron chi connectivity index (χ2n) is 3.45. The van der Waals surface area contributed by atoms with Crippen LogP contribution in [0.1, 0.15) is 43.7 Å². The van der Waals surface area contributed by atoms with Gasteiger partial charge < -0.3 is 5.32 Å². The van der Waals surface area contributed by atoms with Crippen molar-refractivity contribution in [2.24, 2.45) is 0 Å². The summed E-state index contributed by atoms with van der Waals surface area (Å²) in [6.45, 7) is 11.5. The van der Waals surface area contributed by atoms with E-state index in [9.17, 15) is 0 Å². The predicted molar refractivity (Wildman–Crippen MR) is 74.9 cm³/mol. The zero-order chi connectivity index (χ0) is 12.0. The minimum atomic E-state index is 0.636. The topological polar surface area (TPSA) is 24.9 Å². The molecule has 0 aliphatic heterocycles. The van der Waals surface area contributed by atoms with Gasteiger partial charge in [-0.3, -0.25) is 0 Å². The molecule has 0 spiro atoms. The molecule has 0 bridgehead atoms. The van der Waals surface area contributed by atoms with Gasteiger partial charge in [0.05, 0.1) is 10.6 Å². The third-order valence-electron chi connectivity index (χ3n) is 2.49. The summed E-state index contributed by atoms with van der Waals surface area (Å²) in [7, 11) is 0. The highest BCUT2D eigenvalue weighted by Crippen LogP contribution is 2.29. The van der Waals surface area contributed by atoms with Gasteiger partial charge in [0.1, 0.15) is 0 Å². The summed E-state index contributed by atoms with van der Waals surface area (Å²) in [5.41, 5.74) is 0.937. The van der Waals surface area contributed by atoms with Gasteiger partial charge in [-0.1, -0.05) is 38.3 Å². The van der Waals surface area contributed by atoms with Gasteiger partial charge >= 0.3 is 0 Å². The van der Waals surface area contributed by atoms with Gasteiger partial charge in [0.15, 0.2) is 5.13 Å². The SMILES string of the molecule is C=Cc1nc(NC2CCC2)sc1C=C.CC. The molecule has 1 heterocycles. The normalized spacial score (nSPS) is 14.4. The molecule has 3 heteroatoms. The lowest BCUT2D eigenvalue weighted by Crippen LogP contribution is -2.26. The van der Waals surface area contributed by atoms with Crippen LogP contribution in [-0.2, 0) is 0 Å². The Labute approximate surface area is 102 Å². The third kappa shape index (κ3) is 2.95. The maximum Gasteiger partial charge on any atom is 0.184 e. The number of rotatable bonds is 4. The minimum Gasteiger partial charge on any atom is -0.359 e. The number of aromatic nitrogens is 1. The largest absolute Gasteiger partial charge is 0.359 e. The second-order valence-corrected chi connectivity index (χ2v) is 4.48. The zero-order valence-electron chi connectivity index (χ0n) is 10.1. The van der Waals surface area contributed by atoms with Crippen LogP contribution < -0.4 is 5.32 Å². The van der Waals surface area contributed by atoms with Crippen molar-refractivity contribution < 1.29 is 0 Å². The summed E-state index contributed by atoms with van der Waals surface area (Å²) in [6, 6.07) is 0.636. The van der Waals surface area contributed by atoms with Gasteiger partial charge in [-0.05, 0) is 31.4 Å². The molecule has 2 nitrogen and oxygen atoms in total. The van der Waals surface area contributed by atoms with Gasteiger partial charge in [0.25, 0.3) is 0 Å². The monoisotopic (exact) mass is 236 g/mol. The van der Waals surface area contributed by atoms with Crippen molar-refractivity contribution in [3.8, 4) is 0 Å². The minimum absolute atomic E-state index is 0.636. The van der Waals surface area contributed by atoms with Crippen molar-refractivity contribution in [3.05, 3.63) is 23.7 Å². The first kappa shape index (κ1) is 13.0. The molecule has 0 unspecified atom stereocenters. The Morgan fingerprint density at radius 3 is 2.38 bits per heavy atom. The zero-order valence-corrected chi connectivity index (χ0v) is 10.9. The van der Waals surface area contributed by atoms with E-state index in [-0.39, 0.29) is 0 Å². The Kier molecular flexibility index (Phi) is 5.26. The van der Waals surface area contributed by atoms with E-state index in [2.05, 4.69) is 23.5 Å². The van der Waals surface area contributed by atoms with Gasteiger partial charge in [0.2, 0.25) is 0 Å². The number of anilines is 1. The maximum atomic E-state index is 4.44. The quantitative estimate of drug-likeness (QED) is 0.837. The summed E-state index contributed by atoms with van der Waals surface area (Å²) in [6.07, 6.45) is 7.49. The number of nitrogens with zero attached hydrogens (tertiary/aromatic N) is 1. The smallest absolute Gasteiger partial charge is 0.184 e. The molecule has 1 aliphatic rings. The van der Waals surface area contributed by atoms with E-state index in [1.165, 1.54) is 19.3 Å². The first-order chi connectivity index (χ1) is 7.83. The summed E-state index contributed by atoms with van der Waals surface area (Å²) >= 11 is 1.65. The van der Waals surface area contributed by atoms with Crippen LogP contribution >= 0.6 is 11.3 Å². The van der Waals surface area contributed by atoms with Gasteiger partial charge in [0, 0.05) is 6.04 Å². The molecule has 1 aromatic rings. The Bertz CT molecular complexity index is 325. The lowest BCUT2D eigenvalue weighted by Gasteiger charge is -2.25. The molecule has 0 radical (unpaired) electrons. The van der Waals surface area contributed by atoms with Crippen LogP contribution in [-0.4, -0.2) is 11.0 Å². The summed E-state index contributed by atoms with van der Waals surface area (Å²) in [5.74, 6) is 0. The summed E-state index contributed by atoms with van der Waals surface area (Å²) in [4.78, 5) is 5.54. The Balaban J connectivity index is 0.000000606. The average Bonchev–Trinajstić information content (AvgIpc) is 2.68. The van der Waals surface area contributed by atoms with Crippen molar-refractivity contribution in [2.45, 2.75) is 39.2 Å². The van der Waals surface area contributed by atoms with Crippen molar-refractivity contribution >= 4 is 28.6 Å². The summed E-state index contributed by atoms with van der Waals surface area (Å²) in [5, 5.41) is 4.42. The number of hydrogen-bond acceptors (Lipinski definition) is 3. The van der Waals surface area contributed by atoms with Crippen molar-refractivity contribution in [1.82, 2.24) is 4.98 Å². The molecule has 1 saturated carbocycles. The van der Waals surface area contributed by atoms with Crippen molar-refractivity contribution in [1.29, 1.82) is 0 Å². The third-order valence-corrected chi connectivity index (χ3v) is 3.49. The van der Waals surface area contributed by atoms with E-state index in [0.717, 1.165) is 15.7 Å². The molecule has 0 atom stereocenters. The lowest BCUT2D eigenvalue weighted by atomic mass is 9.93. The molecular formula is C13H20N2S. The van der Waals surface area contributed by atoms with Crippen LogP contribution in [0, 0.1) is 0 Å². The molecular weight excluding hydrogens is 216 g/mol. The van der Waals surface area contributed by atoms with Gasteiger partial charge in [-0.15, -0.1) is 0 Å². The van der Waals surface area contributed by atoms with Crippen molar-refractivity contribution in [2.75, 3.05) is 5.32 Å². The maximum absolute atomic E-state index is 4.44. The Morgan fingerprint density at radius 1 is 1.31 bits per heavy atom. The molecule has 1 fully saturated rings. The molecule has 2 rings (SSSR count). The van der Waals surface area contributed by atoms with E-state index in [4.69, 9.17) is 0 Å². The fraction of sp³-hybridized carbons (Fsp3) is 0.462. The lowest BCUT2D eigenvalue weighted by molar-refractivity contribution is 0.445. The van der Waals surface area contributed by atoms with E-state index >= 15 is 0 Å². The van der Waals surface area contributed by atoms with Gasteiger partial charge in [-0.25, -0.2) is 4.98 Å². The van der Waals surface area contributed by atoms with E-state index in [0.29, 0.717) is 6.04 Å². The highest BCUT2D eigenvalue weighted by atomic mass is 32.1. The predicted octanol–water partition coefficient (Wildman–Crippen LogP) is 4.42. The molecule has 1 aromatic heterocycles. The Hall–Kier alpha value is -1.09. The molecule has 1 N–H and O–H groups in total. The molecule has 88 valence electrons. The van der Waals surface area contributed by atoms with Crippen LogP contribution in [0.4, 0.5) is 5.13 Å². The Morgan fingerprint density at radius 2 is 2.00 bits per heavy atom. The molecule has 0 amide bonds. The highest BCUT2D eigenvalue weighted by Gasteiger charge is 2.18. The fourth-order valence-corrected chi connectivity index (χ4v) is 2.32. The van der Waals surface area contributed by atoms with E-state index in [1.54, 1.807) is 17.4 Å². The molecule has 1 aliphatic carbocycles. The first-order valence-electron chi connectivity index (χ1n) is 5.85. The molecule has 0 saturated heterocycles. The van der Waals surface area contributed by atoms with Crippen LogP contribution in [0.25, 0.3) is 12.2 Å². The summed E-state index contributed by atoms with van der Waals surface area (Å²) < 4.78 is 0. The van der Waals surface area contributed by atoms with Crippen LogP contribution in [0.3, 0.4) is 0 Å². The van der Waals surface area contributed by atoms with E-state index in [1.807, 2.05) is 19.9 Å². The van der Waals surface area contributed by atoms with Crippen LogP contribution in [0.15, 0.2) is 13.2 Å². The number of nitrogens with one attached hydrogen (secondary N) is 1. The average molecular weight is 236 g/mol. The fourth-order valence-electron chi connectivity index (χ4n) is 1.43. The highest BCUT2D eigenvalue weighted by molar-refractivity contribution is 7.16. The van der Waals surface area contributed by atoms with Gasteiger partial charge in [-0.2, -0.15) is 0 Å². The molecule has 0 aromatic carbocycles. The van der Waals surface area contributed by atoms with E-state index < -0.39 is 0 Å². The first-order valence-corrected chi connectivity index (χ1v) is 6.67. The standard InChI is InChI=1S/C11H14N2S.C2H6/c1-3-9-10(4-2)14-11(13-9)12-8-6-5-7-8;1-2/h3-4,8H,1-2,5-7H2,(H,12,13);1-2H3. The number of hydrogen-bond donors (Lipinski definition) is 1.